The molecule has 0 saturated carbocycles. The van der Waals surface area contributed by atoms with E-state index < -0.39 is 0 Å². The zero-order chi connectivity index (χ0) is 17.6. The van der Waals surface area contributed by atoms with E-state index in [0.717, 1.165) is 16.3 Å². The number of ether oxygens (including phenoxy) is 1. The molecule has 0 spiro atoms. The van der Waals surface area contributed by atoms with Gasteiger partial charge in [-0.15, -0.1) is 0 Å². The molecule has 2 aromatic heterocycles. The molecule has 0 aliphatic carbocycles. The topological polar surface area (TPSA) is 56.1 Å². The van der Waals surface area contributed by atoms with E-state index in [2.05, 4.69) is 41.0 Å². The minimum atomic E-state index is -0.147. The fourth-order valence-electron chi connectivity index (χ4n) is 3.51. The maximum absolute atomic E-state index is 11.4. The average molecular weight is 333 g/mol. The molecule has 4 aromatic rings. The summed E-state index contributed by atoms with van der Waals surface area (Å²) in [5, 5.41) is 7.17. The lowest BCUT2D eigenvalue weighted by atomic mass is 10.0. The van der Waals surface area contributed by atoms with Gasteiger partial charge in [-0.05, 0) is 48.2 Å². The van der Waals surface area contributed by atoms with E-state index in [0.29, 0.717) is 5.75 Å². The van der Waals surface area contributed by atoms with Crippen LogP contribution in [0.1, 0.15) is 5.56 Å². The van der Waals surface area contributed by atoms with Gasteiger partial charge in [-0.2, -0.15) is 0 Å². The van der Waals surface area contributed by atoms with Gasteiger partial charge >= 0.3 is 0 Å². The Morgan fingerprint density at radius 2 is 2.04 bits per heavy atom. The molecule has 0 bridgehead atoms. The van der Waals surface area contributed by atoms with E-state index in [1.165, 1.54) is 21.9 Å². The lowest BCUT2D eigenvalue weighted by Gasteiger charge is -2.06. The number of aromatic nitrogens is 2. The number of carbonyl (C=O) groups excluding carboxylic acids is 1. The monoisotopic (exact) mass is 333 g/mol. The number of pyridine rings is 1. The molecule has 0 fully saturated rings. The van der Waals surface area contributed by atoms with Gasteiger partial charge in [0.15, 0.2) is 6.61 Å². The molecule has 2 aromatic carbocycles. The van der Waals surface area contributed by atoms with Gasteiger partial charge in [0.1, 0.15) is 5.75 Å². The Bertz CT molecular complexity index is 1130. The number of fused-ring (bicyclic) bond motifs is 4. The molecule has 0 radical (unpaired) electrons. The zero-order valence-corrected chi connectivity index (χ0v) is 14.5. The van der Waals surface area contributed by atoms with E-state index in [1.807, 2.05) is 30.6 Å². The third kappa shape index (κ3) is 2.39. The second kappa shape index (κ2) is 5.77. The van der Waals surface area contributed by atoms with Crippen LogP contribution in [0.4, 0.5) is 0 Å². The highest BCUT2D eigenvalue weighted by atomic mass is 16.5. The number of carbonyl (C=O) groups is 1. The number of likely N-dealkylation sites (N-methyl/N-ethyl adjacent to an activating group) is 1. The summed E-state index contributed by atoms with van der Waals surface area (Å²) in [7, 11) is 3.68. The molecule has 0 atom stereocenters. The summed E-state index contributed by atoms with van der Waals surface area (Å²) >= 11 is 0. The van der Waals surface area contributed by atoms with Crippen LogP contribution in [0.5, 0.6) is 5.75 Å². The SMILES string of the molecule is CNC(=O)COc1ccc2c(c1)c1cc3cnccc3c(C)c1n2C. The van der Waals surface area contributed by atoms with Crippen LogP contribution in [-0.4, -0.2) is 29.1 Å². The van der Waals surface area contributed by atoms with E-state index in [9.17, 15) is 4.79 Å². The van der Waals surface area contributed by atoms with E-state index in [-0.39, 0.29) is 12.5 Å². The lowest BCUT2D eigenvalue weighted by Crippen LogP contribution is -2.24. The predicted molar refractivity (Wildman–Crippen MR) is 100 cm³/mol. The maximum atomic E-state index is 11.4. The van der Waals surface area contributed by atoms with Crippen molar-refractivity contribution in [3.63, 3.8) is 0 Å². The standard InChI is InChI=1S/C20H19N3O2/c1-12-15-6-7-22-10-13(15)8-17-16-9-14(25-11-19(24)21-2)4-5-18(16)23(3)20(12)17/h4-10H,11H2,1-3H3,(H,21,24). The van der Waals surface area contributed by atoms with Gasteiger partial charge in [0.05, 0.1) is 5.52 Å². The fourth-order valence-corrected chi connectivity index (χ4v) is 3.51. The molecule has 25 heavy (non-hydrogen) atoms. The Hall–Kier alpha value is -3.08. The second-order valence-corrected chi connectivity index (χ2v) is 6.19. The highest BCUT2D eigenvalue weighted by Crippen LogP contribution is 2.36. The molecule has 126 valence electrons. The summed E-state index contributed by atoms with van der Waals surface area (Å²) < 4.78 is 7.82. The van der Waals surface area contributed by atoms with Crippen molar-refractivity contribution >= 4 is 38.5 Å². The number of hydrogen-bond acceptors (Lipinski definition) is 3. The number of aryl methyl sites for hydroxylation is 2. The summed E-state index contributed by atoms with van der Waals surface area (Å²) in [6.45, 7) is 2.16. The predicted octanol–water partition coefficient (Wildman–Crippen LogP) is 3.31. The molecule has 4 rings (SSSR count). The van der Waals surface area contributed by atoms with Gasteiger partial charge in [0, 0.05) is 48.2 Å². The molecule has 0 saturated heterocycles. The summed E-state index contributed by atoms with van der Waals surface area (Å²) in [6, 6.07) is 10.2. The molecule has 1 amide bonds. The quantitative estimate of drug-likeness (QED) is 0.626. The van der Waals surface area contributed by atoms with Crippen molar-refractivity contribution in [2.45, 2.75) is 6.92 Å². The molecule has 2 heterocycles. The van der Waals surface area contributed by atoms with E-state index in [4.69, 9.17) is 4.74 Å². The lowest BCUT2D eigenvalue weighted by molar-refractivity contribution is -0.122. The van der Waals surface area contributed by atoms with Gasteiger partial charge < -0.3 is 14.6 Å². The summed E-state index contributed by atoms with van der Waals surface area (Å²) in [5.41, 5.74) is 3.58. The Morgan fingerprint density at radius 3 is 2.84 bits per heavy atom. The normalized spacial score (nSPS) is 11.3. The molecule has 0 aliphatic rings. The van der Waals surface area contributed by atoms with Crippen LogP contribution < -0.4 is 10.1 Å². The van der Waals surface area contributed by atoms with E-state index >= 15 is 0 Å². The number of benzene rings is 2. The summed E-state index contributed by atoms with van der Waals surface area (Å²) in [6.07, 6.45) is 3.72. The van der Waals surface area contributed by atoms with Crippen LogP contribution in [0.15, 0.2) is 42.7 Å². The van der Waals surface area contributed by atoms with Crippen molar-refractivity contribution in [2.75, 3.05) is 13.7 Å². The van der Waals surface area contributed by atoms with Crippen molar-refractivity contribution in [1.29, 1.82) is 0 Å². The Balaban J connectivity index is 1.95. The first kappa shape index (κ1) is 15.4. The third-order valence-corrected chi connectivity index (χ3v) is 4.77. The van der Waals surface area contributed by atoms with Crippen LogP contribution in [0.25, 0.3) is 32.6 Å². The molecule has 5 nitrogen and oxygen atoms in total. The van der Waals surface area contributed by atoms with Crippen LogP contribution in [0.2, 0.25) is 0 Å². The van der Waals surface area contributed by atoms with Crippen LogP contribution in [0.3, 0.4) is 0 Å². The summed E-state index contributed by atoms with van der Waals surface area (Å²) in [4.78, 5) is 15.7. The largest absolute Gasteiger partial charge is 0.484 e. The highest BCUT2D eigenvalue weighted by Gasteiger charge is 2.14. The summed E-state index contributed by atoms with van der Waals surface area (Å²) in [5.74, 6) is 0.540. The van der Waals surface area contributed by atoms with Crippen molar-refractivity contribution in [3.05, 3.63) is 48.3 Å². The molecule has 0 aliphatic heterocycles. The van der Waals surface area contributed by atoms with Gasteiger partial charge in [0.2, 0.25) is 0 Å². The van der Waals surface area contributed by atoms with Gasteiger partial charge in [0.25, 0.3) is 5.91 Å². The smallest absolute Gasteiger partial charge is 0.257 e. The minimum Gasteiger partial charge on any atom is -0.484 e. The molecule has 5 heteroatoms. The van der Waals surface area contributed by atoms with Gasteiger partial charge in [-0.25, -0.2) is 0 Å². The number of amides is 1. The van der Waals surface area contributed by atoms with Crippen molar-refractivity contribution in [3.8, 4) is 5.75 Å². The molecular weight excluding hydrogens is 314 g/mol. The van der Waals surface area contributed by atoms with Crippen LogP contribution >= 0.6 is 0 Å². The number of rotatable bonds is 3. The average Bonchev–Trinajstić information content (AvgIpc) is 2.92. The van der Waals surface area contributed by atoms with Gasteiger partial charge in [-0.1, -0.05) is 0 Å². The van der Waals surface area contributed by atoms with Crippen molar-refractivity contribution in [2.24, 2.45) is 7.05 Å². The molecule has 0 unspecified atom stereocenters. The minimum absolute atomic E-state index is 0.0126. The first-order valence-corrected chi connectivity index (χ1v) is 8.19. The van der Waals surface area contributed by atoms with Crippen molar-refractivity contribution < 1.29 is 9.53 Å². The van der Waals surface area contributed by atoms with Crippen LogP contribution in [-0.2, 0) is 11.8 Å². The number of hydrogen-bond donors (Lipinski definition) is 1. The van der Waals surface area contributed by atoms with E-state index in [1.54, 1.807) is 7.05 Å². The Labute approximate surface area is 145 Å². The number of nitrogens with one attached hydrogen (secondary N) is 1. The first-order valence-electron chi connectivity index (χ1n) is 8.19. The molecule has 1 N–H and O–H groups in total. The number of nitrogens with zero attached hydrogens (tertiary/aromatic N) is 2. The maximum Gasteiger partial charge on any atom is 0.257 e. The van der Waals surface area contributed by atoms with Gasteiger partial charge in [-0.3, -0.25) is 9.78 Å². The highest BCUT2D eigenvalue weighted by molar-refractivity contribution is 6.14. The van der Waals surface area contributed by atoms with Crippen LogP contribution in [0, 0.1) is 6.92 Å². The van der Waals surface area contributed by atoms with Crippen molar-refractivity contribution in [1.82, 2.24) is 14.9 Å². The fraction of sp³-hybridized carbons (Fsp3) is 0.200. The third-order valence-electron chi connectivity index (χ3n) is 4.77. The Morgan fingerprint density at radius 1 is 1.20 bits per heavy atom. The first-order chi connectivity index (χ1) is 12.1. The molecular formula is C20H19N3O2. The zero-order valence-electron chi connectivity index (χ0n) is 14.5. The second-order valence-electron chi connectivity index (χ2n) is 6.19. The Kier molecular flexibility index (Phi) is 3.57.